The van der Waals surface area contributed by atoms with Crippen LogP contribution in [0.25, 0.3) is 0 Å². The minimum Gasteiger partial charge on any atom is -0.462 e. The van der Waals surface area contributed by atoms with Gasteiger partial charge in [0.2, 0.25) is 0 Å². The van der Waals surface area contributed by atoms with Crippen LogP contribution in [0, 0.1) is 0 Å². The van der Waals surface area contributed by atoms with Crippen LogP contribution in [0.5, 0.6) is 0 Å². The molecule has 0 saturated heterocycles. The summed E-state index contributed by atoms with van der Waals surface area (Å²) in [6, 6.07) is 0. The van der Waals surface area contributed by atoms with Crippen molar-refractivity contribution in [2.45, 2.75) is 335 Å². The van der Waals surface area contributed by atoms with Crippen molar-refractivity contribution in [3.8, 4) is 0 Å². The van der Waals surface area contributed by atoms with Gasteiger partial charge in [-0.05, 0) is 83.5 Å². The molecule has 73 heavy (non-hydrogen) atoms. The van der Waals surface area contributed by atoms with Crippen LogP contribution in [0.15, 0.2) is 60.8 Å². The summed E-state index contributed by atoms with van der Waals surface area (Å²) in [4.78, 5) is 38.3. The van der Waals surface area contributed by atoms with Gasteiger partial charge in [0.1, 0.15) is 13.2 Å². The second-order valence-corrected chi connectivity index (χ2v) is 21.3. The maximum atomic E-state index is 12.9. The van der Waals surface area contributed by atoms with Crippen molar-refractivity contribution < 1.29 is 28.6 Å². The third kappa shape index (κ3) is 59.9. The molecule has 0 rings (SSSR count). The van der Waals surface area contributed by atoms with Crippen LogP contribution >= 0.6 is 0 Å². The first-order valence-electron chi connectivity index (χ1n) is 31.8. The highest BCUT2D eigenvalue weighted by atomic mass is 16.6. The van der Waals surface area contributed by atoms with E-state index in [9.17, 15) is 14.4 Å². The number of allylic oxidation sites excluding steroid dienone is 10. The Hall–Kier alpha value is -2.89. The fourth-order valence-corrected chi connectivity index (χ4v) is 9.25. The van der Waals surface area contributed by atoms with E-state index in [1.54, 1.807) is 0 Å². The predicted octanol–water partition coefficient (Wildman–Crippen LogP) is 21.6. The summed E-state index contributed by atoms with van der Waals surface area (Å²) in [5, 5.41) is 0. The number of esters is 3. The second kappa shape index (κ2) is 61.7. The molecule has 0 radical (unpaired) electrons. The fraction of sp³-hybridized carbons (Fsp3) is 0.806. The van der Waals surface area contributed by atoms with Crippen LogP contribution < -0.4 is 0 Å². The standard InChI is InChI=1S/C67H120O6/c1-4-7-10-13-16-19-22-25-28-31-34-37-39-42-45-48-51-54-57-60-66(69)72-63-64(73-67(70)61-58-55-52-49-46-43-40-36-33-30-27-24-21-18-15-12-9-6-3)62-71-65(68)59-56-53-50-47-44-41-38-35-32-29-26-23-20-17-14-11-8-5-2/h7,10,16,19,25,28,34,36-37,40,64H,4-6,8-9,11-15,17-18,20-24,26-27,29-33,35,38-39,41-63H2,1-3H3/b10-7-,19-16-,28-25-,37-34-,40-36-. The zero-order valence-corrected chi connectivity index (χ0v) is 48.7. The van der Waals surface area contributed by atoms with Crippen molar-refractivity contribution in [1.82, 2.24) is 0 Å². The van der Waals surface area contributed by atoms with Crippen LogP contribution in [-0.4, -0.2) is 37.2 Å². The number of hydrogen-bond donors (Lipinski definition) is 0. The van der Waals surface area contributed by atoms with Crippen LogP contribution in [0.1, 0.15) is 329 Å². The topological polar surface area (TPSA) is 78.9 Å². The van der Waals surface area contributed by atoms with Gasteiger partial charge in [0, 0.05) is 19.3 Å². The van der Waals surface area contributed by atoms with Gasteiger partial charge in [-0.25, -0.2) is 0 Å². The van der Waals surface area contributed by atoms with E-state index in [4.69, 9.17) is 14.2 Å². The summed E-state index contributed by atoms with van der Waals surface area (Å²) in [5.41, 5.74) is 0. The Kier molecular flexibility index (Phi) is 59.2. The first kappa shape index (κ1) is 70.1. The average molecular weight is 1020 g/mol. The highest BCUT2D eigenvalue weighted by Crippen LogP contribution is 2.17. The van der Waals surface area contributed by atoms with Gasteiger partial charge in [-0.1, -0.05) is 287 Å². The lowest BCUT2D eigenvalue weighted by atomic mass is 10.0. The van der Waals surface area contributed by atoms with Crippen molar-refractivity contribution in [1.29, 1.82) is 0 Å². The average Bonchev–Trinajstić information content (AvgIpc) is 3.39. The third-order valence-corrected chi connectivity index (χ3v) is 14.0. The number of ether oxygens (including phenoxy) is 3. The minimum absolute atomic E-state index is 0.0789. The van der Waals surface area contributed by atoms with Gasteiger partial charge in [-0.15, -0.1) is 0 Å². The van der Waals surface area contributed by atoms with Gasteiger partial charge in [-0.2, -0.15) is 0 Å². The zero-order chi connectivity index (χ0) is 52.9. The largest absolute Gasteiger partial charge is 0.462 e. The first-order chi connectivity index (χ1) is 36.0. The van der Waals surface area contributed by atoms with E-state index in [1.807, 2.05) is 0 Å². The lowest BCUT2D eigenvalue weighted by Crippen LogP contribution is -2.30. The number of unbranched alkanes of at least 4 members (excludes halogenated alkanes) is 37. The van der Waals surface area contributed by atoms with Crippen molar-refractivity contribution >= 4 is 17.9 Å². The molecular formula is C67H120O6. The summed E-state index contributed by atoms with van der Waals surface area (Å²) >= 11 is 0. The third-order valence-electron chi connectivity index (χ3n) is 14.0. The number of carbonyl (C=O) groups excluding carboxylic acids is 3. The highest BCUT2D eigenvalue weighted by Gasteiger charge is 2.19. The minimum atomic E-state index is -0.784. The summed E-state index contributed by atoms with van der Waals surface area (Å²) in [7, 11) is 0. The molecule has 6 nitrogen and oxygen atoms in total. The Morgan fingerprint density at radius 1 is 0.288 bits per heavy atom. The Morgan fingerprint density at radius 3 is 0.849 bits per heavy atom. The molecule has 0 fully saturated rings. The van der Waals surface area contributed by atoms with E-state index >= 15 is 0 Å². The molecule has 0 aliphatic carbocycles. The molecule has 0 spiro atoms. The normalized spacial score (nSPS) is 12.4. The SMILES string of the molecule is CC/C=C\C/C=C\C/C=C\C/C=C\CCCCCCCCC(=O)OCC(COC(=O)CCCCCCCCCCCCCCCCCCCC)OC(=O)CCCCCCC/C=C\CCCCCCCCCCC. The molecule has 0 aromatic rings. The van der Waals surface area contributed by atoms with Crippen LogP contribution in [0.2, 0.25) is 0 Å². The smallest absolute Gasteiger partial charge is 0.306 e. The van der Waals surface area contributed by atoms with E-state index in [-0.39, 0.29) is 31.1 Å². The molecule has 0 aliphatic rings. The quantitative estimate of drug-likeness (QED) is 0.0261. The Bertz CT molecular complexity index is 1310. The van der Waals surface area contributed by atoms with E-state index in [2.05, 4.69) is 81.5 Å². The van der Waals surface area contributed by atoms with Crippen molar-refractivity contribution in [2.24, 2.45) is 0 Å². The van der Waals surface area contributed by atoms with Gasteiger partial charge < -0.3 is 14.2 Å². The maximum absolute atomic E-state index is 12.9. The van der Waals surface area contributed by atoms with Gasteiger partial charge in [0.05, 0.1) is 0 Å². The van der Waals surface area contributed by atoms with Gasteiger partial charge in [0.25, 0.3) is 0 Å². The van der Waals surface area contributed by atoms with Gasteiger partial charge in [0.15, 0.2) is 6.10 Å². The molecule has 6 heteroatoms. The molecule has 0 aromatic heterocycles. The van der Waals surface area contributed by atoms with Gasteiger partial charge >= 0.3 is 17.9 Å². The molecule has 424 valence electrons. The molecule has 0 aromatic carbocycles. The van der Waals surface area contributed by atoms with Crippen LogP contribution in [0.4, 0.5) is 0 Å². The number of carbonyl (C=O) groups is 3. The zero-order valence-electron chi connectivity index (χ0n) is 48.7. The summed E-state index contributed by atoms with van der Waals surface area (Å²) in [6.07, 6.45) is 77.9. The predicted molar refractivity (Wildman–Crippen MR) is 316 cm³/mol. The Balaban J connectivity index is 4.38. The van der Waals surface area contributed by atoms with Crippen LogP contribution in [0.3, 0.4) is 0 Å². The van der Waals surface area contributed by atoms with E-state index in [1.165, 1.54) is 186 Å². The fourth-order valence-electron chi connectivity index (χ4n) is 9.25. The second-order valence-electron chi connectivity index (χ2n) is 21.3. The summed E-state index contributed by atoms with van der Waals surface area (Å²) < 4.78 is 16.9. The lowest BCUT2D eigenvalue weighted by molar-refractivity contribution is -0.167. The van der Waals surface area contributed by atoms with E-state index < -0.39 is 6.10 Å². The lowest BCUT2D eigenvalue weighted by Gasteiger charge is -2.18. The number of hydrogen-bond acceptors (Lipinski definition) is 6. The maximum Gasteiger partial charge on any atom is 0.306 e. The Labute approximate surface area is 453 Å². The van der Waals surface area contributed by atoms with E-state index in [0.29, 0.717) is 19.3 Å². The molecule has 0 N–H and O–H groups in total. The highest BCUT2D eigenvalue weighted by molar-refractivity contribution is 5.71. The molecule has 1 unspecified atom stereocenters. The summed E-state index contributed by atoms with van der Waals surface area (Å²) in [5.74, 6) is -0.883. The molecule has 0 aliphatic heterocycles. The van der Waals surface area contributed by atoms with Crippen LogP contribution in [-0.2, 0) is 28.6 Å². The van der Waals surface area contributed by atoms with Gasteiger partial charge in [-0.3, -0.25) is 14.4 Å². The first-order valence-corrected chi connectivity index (χ1v) is 31.8. The Morgan fingerprint density at radius 2 is 0.534 bits per heavy atom. The molecular weight excluding hydrogens is 901 g/mol. The van der Waals surface area contributed by atoms with E-state index in [0.717, 1.165) is 103 Å². The number of rotatable bonds is 58. The summed E-state index contributed by atoms with van der Waals surface area (Å²) in [6.45, 7) is 6.56. The molecule has 0 amide bonds. The molecule has 0 bridgehead atoms. The molecule has 0 heterocycles. The van der Waals surface area contributed by atoms with Crippen molar-refractivity contribution in [3.63, 3.8) is 0 Å². The molecule has 1 atom stereocenters. The van der Waals surface area contributed by atoms with Crippen molar-refractivity contribution in [2.75, 3.05) is 13.2 Å². The monoisotopic (exact) mass is 1020 g/mol. The molecule has 0 saturated carbocycles. The van der Waals surface area contributed by atoms with Crippen molar-refractivity contribution in [3.05, 3.63) is 60.8 Å².